The third kappa shape index (κ3) is 3.30. The van der Waals surface area contributed by atoms with E-state index < -0.39 is 39.0 Å². The molecule has 0 spiro atoms. The Morgan fingerprint density at radius 3 is 2.75 bits per heavy atom. The van der Waals surface area contributed by atoms with Crippen molar-refractivity contribution in [2.75, 3.05) is 6.61 Å². The van der Waals surface area contributed by atoms with E-state index in [-0.39, 0.29) is 5.15 Å². The molecule has 2 aromatic heterocycles. The summed E-state index contributed by atoms with van der Waals surface area (Å²) in [5, 5.41) is 20.3. The van der Waals surface area contributed by atoms with Gasteiger partial charge in [0.05, 0.1) is 12.9 Å². The molecule has 0 aliphatic carbocycles. The molecule has 1 aliphatic rings. The van der Waals surface area contributed by atoms with Crippen LogP contribution in [0.15, 0.2) is 6.33 Å². The number of aliphatic hydroxyl groups is 2. The topological polar surface area (TPSA) is 160 Å². The Bertz CT molecular complexity index is 811. The average molecular weight is 381 g/mol. The van der Waals surface area contributed by atoms with Gasteiger partial charge in [0.15, 0.2) is 17.0 Å². The van der Waals surface area contributed by atoms with Crippen LogP contribution in [0.1, 0.15) is 12.1 Å². The maximum atomic E-state index is 10.8. The molecule has 3 rings (SSSR count). The Hall–Kier alpha value is -1.17. The molecule has 0 radical (unpaired) electrons. The van der Waals surface area contributed by atoms with Crippen molar-refractivity contribution in [2.45, 2.75) is 31.5 Å². The number of imidazole rings is 1. The van der Waals surface area contributed by atoms with Crippen LogP contribution in [0.25, 0.3) is 11.2 Å². The van der Waals surface area contributed by atoms with Gasteiger partial charge in [0.1, 0.15) is 29.7 Å². The summed E-state index contributed by atoms with van der Waals surface area (Å²) in [7, 11) is -4.73. The molecule has 1 unspecified atom stereocenters. The number of rotatable bonds is 4. The lowest BCUT2D eigenvalue weighted by Crippen LogP contribution is -2.33. The Balaban J connectivity index is 1.89. The van der Waals surface area contributed by atoms with Crippen molar-refractivity contribution >= 4 is 30.6 Å². The van der Waals surface area contributed by atoms with Crippen LogP contribution in [0.3, 0.4) is 0 Å². The number of ether oxygens (including phenoxy) is 1. The Labute approximate surface area is 140 Å². The first kappa shape index (κ1) is 17.6. The number of aryl methyl sites for hydroxylation is 1. The second-order valence-electron chi connectivity index (χ2n) is 5.22. The third-order valence-corrected chi connectivity index (χ3v) is 4.26. The SMILES string of the molecule is Cc1nc(Cl)c2ncn(C3O[C@H](COP(=O)(O)O)[C@@H](O)[C@H]3O)c2n1. The van der Waals surface area contributed by atoms with Gasteiger partial charge in [-0.2, -0.15) is 0 Å². The van der Waals surface area contributed by atoms with Gasteiger partial charge in [-0.15, -0.1) is 0 Å². The van der Waals surface area contributed by atoms with Crippen LogP contribution in [0.4, 0.5) is 0 Å². The molecule has 0 bridgehead atoms. The summed E-state index contributed by atoms with van der Waals surface area (Å²) >= 11 is 5.99. The maximum Gasteiger partial charge on any atom is 0.469 e. The quantitative estimate of drug-likeness (QED) is 0.402. The monoisotopic (exact) mass is 380 g/mol. The zero-order chi connectivity index (χ0) is 17.6. The zero-order valence-corrected chi connectivity index (χ0v) is 13.9. The normalized spacial score (nSPS) is 27.9. The lowest BCUT2D eigenvalue weighted by Gasteiger charge is -2.16. The number of phosphoric acid groups is 1. The van der Waals surface area contributed by atoms with Crippen molar-refractivity contribution in [3.05, 3.63) is 17.3 Å². The van der Waals surface area contributed by atoms with Crippen LogP contribution in [0, 0.1) is 6.92 Å². The minimum Gasteiger partial charge on any atom is -0.387 e. The highest BCUT2D eigenvalue weighted by Gasteiger charge is 2.45. The van der Waals surface area contributed by atoms with Gasteiger partial charge in [-0.25, -0.2) is 19.5 Å². The van der Waals surface area contributed by atoms with Crippen LogP contribution in [-0.4, -0.2) is 64.4 Å². The standard InChI is InChI=1S/C11H14ClN4O7P/c1-4-14-9(12)6-10(15-4)16(3-13-6)11-8(18)7(17)5(23-11)2-22-24(19,20)21/h3,5,7-8,11,17-18H,2H2,1H3,(H2,19,20,21)/t5-,7-,8-,11?/m1/s1. The molecule has 13 heteroatoms. The van der Waals surface area contributed by atoms with E-state index in [1.807, 2.05) is 0 Å². The number of aromatic nitrogens is 4. The number of nitrogens with zero attached hydrogens (tertiary/aromatic N) is 4. The first-order valence-electron chi connectivity index (χ1n) is 6.76. The van der Waals surface area contributed by atoms with E-state index in [9.17, 15) is 14.8 Å². The van der Waals surface area contributed by atoms with Gasteiger partial charge in [0.25, 0.3) is 0 Å². The number of phosphoric ester groups is 1. The highest BCUT2D eigenvalue weighted by molar-refractivity contribution is 7.46. The van der Waals surface area contributed by atoms with Gasteiger partial charge >= 0.3 is 7.82 Å². The van der Waals surface area contributed by atoms with Crippen molar-refractivity contribution in [3.63, 3.8) is 0 Å². The zero-order valence-electron chi connectivity index (χ0n) is 12.2. The van der Waals surface area contributed by atoms with Crippen LogP contribution in [0.2, 0.25) is 5.15 Å². The molecule has 24 heavy (non-hydrogen) atoms. The molecule has 0 saturated carbocycles. The van der Waals surface area contributed by atoms with E-state index in [1.54, 1.807) is 6.92 Å². The lowest BCUT2D eigenvalue weighted by atomic mass is 10.1. The third-order valence-electron chi connectivity index (χ3n) is 3.51. The highest BCUT2D eigenvalue weighted by Crippen LogP contribution is 2.38. The smallest absolute Gasteiger partial charge is 0.387 e. The van der Waals surface area contributed by atoms with Crippen LogP contribution in [-0.2, 0) is 13.8 Å². The van der Waals surface area contributed by atoms with E-state index in [2.05, 4.69) is 19.5 Å². The molecule has 3 heterocycles. The van der Waals surface area contributed by atoms with Gasteiger partial charge in [-0.05, 0) is 6.92 Å². The number of aliphatic hydroxyl groups excluding tert-OH is 2. The predicted molar refractivity (Wildman–Crippen MR) is 79.0 cm³/mol. The molecule has 1 aliphatic heterocycles. The van der Waals surface area contributed by atoms with Gasteiger partial charge < -0.3 is 24.7 Å². The van der Waals surface area contributed by atoms with E-state index in [0.717, 1.165) is 0 Å². The van der Waals surface area contributed by atoms with Crippen molar-refractivity contribution < 1.29 is 33.8 Å². The first-order valence-corrected chi connectivity index (χ1v) is 8.66. The summed E-state index contributed by atoms with van der Waals surface area (Å²) in [6.07, 6.45) is -3.72. The predicted octanol–water partition coefficient (Wildman–Crippen LogP) is -0.483. The van der Waals surface area contributed by atoms with Crippen molar-refractivity contribution in [3.8, 4) is 0 Å². The molecule has 4 atom stereocenters. The molecular weight excluding hydrogens is 367 g/mol. The van der Waals surface area contributed by atoms with E-state index >= 15 is 0 Å². The molecule has 1 saturated heterocycles. The summed E-state index contributed by atoms with van der Waals surface area (Å²) in [6, 6.07) is 0. The number of halogens is 1. The number of hydrogen-bond donors (Lipinski definition) is 4. The van der Waals surface area contributed by atoms with Crippen LogP contribution >= 0.6 is 19.4 Å². The Morgan fingerprint density at radius 2 is 2.08 bits per heavy atom. The maximum absolute atomic E-state index is 10.8. The van der Waals surface area contributed by atoms with Crippen molar-refractivity contribution in [1.29, 1.82) is 0 Å². The molecular formula is C11H14ClN4O7P. The Morgan fingerprint density at radius 1 is 1.38 bits per heavy atom. The molecule has 0 aromatic carbocycles. The molecule has 0 amide bonds. The number of fused-ring (bicyclic) bond motifs is 1. The fraction of sp³-hybridized carbons (Fsp3) is 0.545. The molecule has 2 aromatic rings. The second kappa shape index (κ2) is 6.28. The molecule has 4 N–H and O–H groups in total. The Kier molecular flexibility index (Phi) is 4.62. The molecule has 11 nitrogen and oxygen atoms in total. The summed E-state index contributed by atoms with van der Waals surface area (Å²) in [6.45, 7) is 1.03. The van der Waals surface area contributed by atoms with E-state index in [0.29, 0.717) is 17.0 Å². The minimum atomic E-state index is -4.73. The minimum absolute atomic E-state index is 0.130. The summed E-state index contributed by atoms with van der Waals surface area (Å²) < 4.78 is 21.9. The largest absolute Gasteiger partial charge is 0.469 e. The van der Waals surface area contributed by atoms with Crippen molar-refractivity contribution in [2.24, 2.45) is 0 Å². The highest BCUT2D eigenvalue weighted by atomic mass is 35.5. The van der Waals surface area contributed by atoms with E-state index in [1.165, 1.54) is 10.9 Å². The van der Waals surface area contributed by atoms with Gasteiger partial charge in [-0.3, -0.25) is 9.09 Å². The fourth-order valence-electron chi connectivity index (χ4n) is 2.44. The second-order valence-corrected chi connectivity index (χ2v) is 6.82. The van der Waals surface area contributed by atoms with Crippen LogP contribution in [0.5, 0.6) is 0 Å². The van der Waals surface area contributed by atoms with Gasteiger partial charge in [0, 0.05) is 0 Å². The molecule has 132 valence electrons. The summed E-state index contributed by atoms with van der Waals surface area (Å²) in [5.74, 6) is 0.378. The fourth-order valence-corrected chi connectivity index (χ4v) is 3.03. The summed E-state index contributed by atoms with van der Waals surface area (Å²) in [4.78, 5) is 29.7. The first-order chi connectivity index (χ1) is 11.2. The average Bonchev–Trinajstić information content (AvgIpc) is 3.00. The van der Waals surface area contributed by atoms with Gasteiger partial charge in [0.2, 0.25) is 0 Å². The summed E-state index contributed by atoms with van der Waals surface area (Å²) in [5.41, 5.74) is 0.586. The van der Waals surface area contributed by atoms with Gasteiger partial charge in [-0.1, -0.05) is 11.6 Å². The van der Waals surface area contributed by atoms with E-state index in [4.69, 9.17) is 26.1 Å². The number of hydrogen-bond acceptors (Lipinski definition) is 8. The molecule has 1 fully saturated rings. The van der Waals surface area contributed by atoms with Crippen molar-refractivity contribution in [1.82, 2.24) is 19.5 Å². The lowest BCUT2D eigenvalue weighted by molar-refractivity contribution is -0.0504. The van der Waals surface area contributed by atoms with Crippen LogP contribution < -0.4 is 0 Å².